The van der Waals surface area contributed by atoms with Gasteiger partial charge in [0.25, 0.3) is 0 Å². The van der Waals surface area contributed by atoms with E-state index in [9.17, 15) is 0 Å². The van der Waals surface area contributed by atoms with Crippen LogP contribution in [-0.4, -0.2) is 10.8 Å². The lowest BCUT2D eigenvalue weighted by Gasteiger charge is -2.13. The van der Waals surface area contributed by atoms with E-state index in [0.29, 0.717) is 0 Å². The van der Waals surface area contributed by atoms with Gasteiger partial charge < -0.3 is 4.57 Å². The first kappa shape index (κ1) is 17.9. The van der Waals surface area contributed by atoms with Crippen molar-refractivity contribution in [2.24, 2.45) is 4.99 Å². The number of hydrogen-bond acceptors (Lipinski definition) is 1. The number of aliphatic imine (C=N–C) groups is 1. The quantitative estimate of drug-likeness (QED) is 0.332. The van der Waals surface area contributed by atoms with Crippen molar-refractivity contribution in [3.63, 3.8) is 0 Å². The Morgan fingerprint density at radius 1 is 1.04 bits per heavy atom. The fourth-order valence-electron chi connectivity index (χ4n) is 3.17. The predicted octanol–water partition coefficient (Wildman–Crippen LogP) is 6.32. The first-order valence-electron chi connectivity index (χ1n) is 8.58. The monoisotopic (exact) mass is 442 g/mol. The lowest BCUT2D eigenvalue weighted by molar-refractivity contribution is 0.937. The zero-order chi connectivity index (χ0) is 18.0. The lowest BCUT2D eigenvalue weighted by Crippen LogP contribution is -2.03. The molecule has 0 saturated carbocycles. The average Bonchev–Trinajstić information content (AvgIpc) is 2.89. The van der Waals surface area contributed by atoms with Crippen LogP contribution in [0.2, 0.25) is 0 Å². The number of para-hydroxylation sites is 1. The van der Waals surface area contributed by atoms with E-state index in [-0.39, 0.29) is 0 Å². The van der Waals surface area contributed by atoms with Gasteiger partial charge in [-0.05, 0) is 91.2 Å². The maximum Gasteiger partial charge on any atom is 0.0633 e. The Morgan fingerprint density at radius 2 is 1.80 bits per heavy atom. The number of aromatic nitrogens is 1. The van der Waals surface area contributed by atoms with Crippen molar-refractivity contribution in [1.29, 1.82) is 0 Å². The highest BCUT2D eigenvalue weighted by atomic mass is 127. The Hall–Kier alpha value is -1.88. The third-order valence-electron chi connectivity index (χ3n) is 4.58. The summed E-state index contributed by atoms with van der Waals surface area (Å²) < 4.78 is 3.60. The Balaban J connectivity index is 1.99. The minimum atomic E-state index is 0.997. The molecule has 0 amide bonds. The van der Waals surface area contributed by atoms with Gasteiger partial charge in [0.15, 0.2) is 0 Å². The smallest absolute Gasteiger partial charge is 0.0633 e. The highest BCUT2D eigenvalue weighted by molar-refractivity contribution is 14.1. The second kappa shape index (κ2) is 7.56. The van der Waals surface area contributed by atoms with E-state index < -0.39 is 0 Å². The normalized spacial score (nSPS) is 11.4. The van der Waals surface area contributed by atoms with Crippen LogP contribution in [0.3, 0.4) is 0 Å². The van der Waals surface area contributed by atoms with E-state index in [1.165, 1.54) is 37.3 Å². The molecule has 3 heteroatoms. The fraction of sp³-hybridized carbons (Fsp3) is 0.227. The summed E-state index contributed by atoms with van der Waals surface area (Å²) in [6, 6.07) is 17.1. The molecule has 1 heterocycles. The van der Waals surface area contributed by atoms with Crippen LogP contribution in [0.25, 0.3) is 5.69 Å². The average molecular weight is 442 g/mol. The summed E-state index contributed by atoms with van der Waals surface area (Å²) in [5.41, 5.74) is 8.52. The largest absolute Gasteiger partial charge is 0.318 e. The summed E-state index contributed by atoms with van der Waals surface area (Å²) in [6.07, 6.45) is 3.01. The summed E-state index contributed by atoms with van der Waals surface area (Å²) >= 11 is 2.35. The molecule has 0 unspecified atom stereocenters. The molecule has 1 aromatic heterocycles. The van der Waals surface area contributed by atoms with Crippen molar-refractivity contribution >= 4 is 34.5 Å². The molecule has 0 atom stereocenters. The third kappa shape index (κ3) is 3.71. The molecule has 0 spiro atoms. The van der Waals surface area contributed by atoms with Crippen LogP contribution in [0.15, 0.2) is 53.5 Å². The molecule has 0 aliphatic heterocycles. The molecule has 3 aromatic rings. The van der Waals surface area contributed by atoms with E-state index in [1.54, 1.807) is 0 Å². The van der Waals surface area contributed by atoms with Crippen LogP contribution >= 0.6 is 22.6 Å². The molecule has 0 aliphatic rings. The number of rotatable bonds is 4. The minimum Gasteiger partial charge on any atom is -0.318 e. The van der Waals surface area contributed by atoms with Crippen molar-refractivity contribution < 1.29 is 0 Å². The van der Waals surface area contributed by atoms with E-state index in [2.05, 4.69) is 108 Å². The second-order valence-corrected chi connectivity index (χ2v) is 7.50. The topological polar surface area (TPSA) is 17.3 Å². The Bertz CT molecular complexity index is 935. The van der Waals surface area contributed by atoms with Gasteiger partial charge in [-0.3, -0.25) is 4.99 Å². The first-order chi connectivity index (χ1) is 12.0. The van der Waals surface area contributed by atoms with Crippen LogP contribution in [0, 0.1) is 24.3 Å². The molecule has 0 bridgehead atoms. The first-order valence-corrected chi connectivity index (χ1v) is 9.66. The zero-order valence-corrected chi connectivity index (χ0v) is 17.3. The number of benzene rings is 2. The van der Waals surface area contributed by atoms with Crippen LogP contribution in [-0.2, 0) is 6.42 Å². The molecule has 0 N–H and O–H groups in total. The van der Waals surface area contributed by atoms with Gasteiger partial charge in [-0.2, -0.15) is 0 Å². The predicted molar refractivity (Wildman–Crippen MR) is 116 cm³/mol. The van der Waals surface area contributed by atoms with E-state index in [4.69, 9.17) is 0 Å². The molecule has 0 fully saturated rings. The molecular weight excluding hydrogens is 419 g/mol. The summed E-state index contributed by atoms with van der Waals surface area (Å²) in [4.78, 5) is 4.69. The van der Waals surface area contributed by atoms with Crippen molar-refractivity contribution in [2.75, 3.05) is 0 Å². The van der Waals surface area contributed by atoms with Gasteiger partial charge in [0.05, 0.1) is 5.69 Å². The molecule has 0 radical (unpaired) electrons. The van der Waals surface area contributed by atoms with Crippen LogP contribution in [0.1, 0.15) is 35.0 Å². The van der Waals surface area contributed by atoms with Gasteiger partial charge in [0, 0.05) is 32.4 Å². The number of aryl methyl sites for hydroxylation is 3. The number of nitrogens with zero attached hydrogens (tertiary/aromatic N) is 2. The maximum absolute atomic E-state index is 4.69. The molecule has 2 aromatic carbocycles. The standard InChI is InChI=1S/C22H23IN2/c1-5-18-8-6-7-9-22(18)25-16(3)13-19(17(25)4)14-24-20-10-11-21(23)15(2)12-20/h6-14H,5H2,1-4H3. The summed E-state index contributed by atoms with van der Waals surface area (Å²) in [6.45, 7) is 8.65. The van der Waals surface area contributed by atoms with Crippen LogP contribution in [0.4, 0.5) is 5.69 Å². The molecular formula is C22H23IN2. The maximum atomic E-state index is 4.69. The van der Waals surface area contributed by atoms with E-state index in [1.807, 2.05) is 6.21 Å². The Kier molecular flexibility index (Phi) is 5.42. The van der Waals surface area contributed by atoms with Gasteiger partial charge in [0.1, 0.15) is 0 Å². The van der Waals surface area contributed by atoms with Crippen molar-refractivity contribution in [3.8, 4) is 5.69 Å². The summed E-state index contributed by atoms with van der Waals surface area (Å²) in [5, 5.41) is 0. The molecule has 25 heavy (non-hydrogen) atoms. The van der Waals surface area contributed by atoms with Crippen LogP contribution in [0.5, 0.6) is 0 Å². The lowest BCUT2D eigenvalue weighted by atomic mass is 10.1. The minimum absolute atomic E-state index is 0.997. The summed E-state index contributed by atoms with van der Waals surface area (Å²) in [5.74, 6) is 0. The Labute approximate surface area is 163 Å². The second-order valence-electron chi connectivity index (χ2n) is 6.34. The highest BCUT2D eigenvalue weighted by Gasteiger charge is 2.11. The third-order valence-corrected chi connectivity index (χ3v) is 5.79. The number of halogens is 1. The van der Waals surface area contributed by atoms with Crippen molar-refractivity contribution in [2.45, 2.75) is 34.1 Å². The van der Waals surface area contributed by atoms with Crippen molar-refractivity contribution in [1.82, 2.24) is 4.57 Å². The zero-order valence-electron chi connectivity index (χ0n) is 15.2. The molecule has 0 saturated heterocycles. The van der Waals surface area contributed by atoms with Crippen LogP contribution < -0.4 is 0 Å². The van der Waals surface area contributed by atoms with E-state index >= 15 is 0 Å². The van der Waals surface area contributed by atoms with Gasteiger partial charge >= 0.3 is 0 Å². The highest BCUT2D eigenvalue weighted by Crippen LogP contribution is 2.24. The molecule has 0 aliphatic carbocycles. The van der Waals surface area contributed by atoms with E-state index in [0.717, 1.165) is 12.1 Å². The fourth-order valence-corrected chi connectivity index (χ4v) is 3.51. The summed E-state index contributed by atoms with van der Waals surface area (Å²) in [7, 11) is 0. The molecule has 128 valence electrons. The SMILES string of the molecule is CCc1ccccc1-n1c(C)cc(C=Nc2ccc(I)c(C)c2)c1C. The van der Waals surface area contributed by atoms with Gasteiger partial charge in [-0.25, -0.2) is 0 Å². The van der Waals surface area contributed by atoms with Gasteiger partial charge in [-0.1, -0.05) is 25.1 Å². The molecule has 2 nitrogen and oxygen atoms in total. The van der Waals surface area contributed by atoms with Gasteiger partial charge in [0.2, 0.25) is 0 Å². The Morgan fingerprint density at radius 3 is 2.52 bits per heavy atom. The van der Waals surface area contributed by atoms with Crippen molar-refractivity contribution in [3.05, 3.63) is 80.2 Å². The molecule has 3 rings (SSSR count). The van der Waals surface area contributed by atoms with Gasteiger partial charge in [-0.15, -0.1) is 0 Å². The number of hydrogen-bond donors (Lipinski definition) is 0.